The highest BCUT2D eigenvalue weighted by atomic mass is 32.2. The predicted octanol–water partition coefficient (Wildman–Crippen LogP) is 1.92. The zero-order valence-electron chi connectivity index (χ0n) is 17.6. The number of amides is 1. The molecule has 1 aliphatic rings. The van der Waals surface area contributed by atoms with E-state index < -0.39 is 16.1 Å². The molecule has 162 valence electrons. The summed E-state index contributed by atoms with van der Waals surface area (Å²) in [5.74, 6) is -0.100. The van der Waals surface area contributed by atoms with Gasteiger partial charge in [0, 0.05) is 44.0 Å². The molecule has 0 aliphatic carbocycles. The Labute approximate surface area is 178 Å². The Morgan fingerprint density at radius 2 is 1.70 bits per heavy atom. The van der Waals surface area contributed by atoms with Crippen LogP contribution >= 0.6 is 0 Å². The first-order chi connectivity index (χ1) is 14.2. The minimum absolute atomic E-state index is 0.0618. The van der Waals surface area contributed by atoms with E-state index in [9.17, 15) is 18.3 Å². The highest BCUT2D eigenvalue weighted by Gasteiger charge is 2.24. The van der Waals surface area contributed by atoms with E-state index in [0.29, 0.717) is 18.7 Å². The standard InChI is InChI=1S/C22H29N3O4S/c1-16-5-4-6-21(18(16)3)24-11-13-25(14-12-24)22(27)19-7-9-20(10-8-19)30(28,29)23-15-17(2)26/h4-10,17,23,26H,11-15H2,1-3H3. The first-order valence-electron chi connectivity index (χ1n) is 10.1. The number of hydrogen-bond acceptors (Lipinski definition) is 5. The van der Waals surface area contributed by atoms with Gasteiger partial charge in [0.05, 0.1) is 11.0 Å². The highest BCUT2D eigenvalue weighted by molar-refractivity contribution is 7.89. The molecule has 2 aromatic rings. The Morgan fingerprint density at radius 3 is 2.30 bits per heavy atom. The van der Waals surface area contributed by atoms with Crippen LogP contribution in [0.1, 0.15) is 28.4 Å². The van der Waals surface area contributed by atoms with Gasteiger partial charge in [-0.15, -0.1) is 0 Å². The number of piperazine rings is 1. The molecule has 0 spiro atoms. The summed E-state index contributed by atoms with van der Waals surface area (Å²) in [4.78, 5) is 17.0. The molecule has 1 fully saturated rings. The maximum absolute atomic E-state index is 12.8. The second-order valence-corrected chi connectivity index (χ2v) is 9.49. The van der Waals surface area contributed by atoms with Crippen LogP contribution in [0.5, 0.6) is 0 Å². The maximum atomic E-state index is 12.8. The Bertz CT molecular complexity index is 996. The number of nitrogens with one attached hydrogen (secondary N) is 1. The molecule has 1 unspecified atom stereocenters. The average Bonchev–Trinajstić information content (AvgIpc) is 2.74. The summed E-state index contributed by atoms with van der Waals surface area (Å²) in [6, 6.07) is 12.2. The lowest BCUT2D eigenvalue weighted by molar-refractivity contribution is 0.0746. The number of sulfonamides is 1. The van der Waals surface area contributed by atoms with Crippen LogP contribution in [0, 0.1) is 13.8 Å². The van der Waals surface area contributed by atoms with E-state index in [1.54, 1.807) is 4.90 Å². The van der Waals surface area contributed by atoms with Gasteiger partial charge in [-0.2, -0.15) is 0 Å². The molecule has 0 saturated carbocycles. The SMILES string of the molecule is Cc1cccc(N2CCN(C(=O)c3ccc(S(=O)(=O)NCC(C)O)cc3)CC2)c1C. The van der Waals surface area contributed by atoms with E-state index in [-0.39, 0.29) is 17.3 Å². The number of carbonyl (C=O) groups is 1. The number of carbonyl (C=O) groups excluding carboxylic acids is 1. The second kappa shape index (κ2) is 9.16. The fraction of sp³-hybridized carbons (Fsp3) is 0.409. The van der Waals surface area contributed by atoms with Crippen molar-refractivity contribution in [2.24, 2.45) is 0 Å². The second-order valence-electron chi connectivity index (χ2n) is 7.72. The topological polar surface area (TPSA) is 90.0 Å². The van der Waals surface area contributed by atoms with Gasteiger partial charge in [0.2, 0.25) is 10.0 Å². The van der Waals surface area contributed by atoms with Crippen LogP contribution in [-0.2, 0) is 10.0 Å². The average molecular weight is 432 g/mol. The van der Waals surface area contributed by atoms with Gasteiger partial charge < -0.3 is 14.9 Å². The summed E-state index contributed by atoms with van der Waals surface area (Å²) in [6.07, 6.45) is -0.775. The molecular formula is C22H29N3O4S. The Balaban J connectivity index is 1.63. The zero-order chi connectivity index (χ0) is 21.9. The van der Waals surface area contributed by atoms with E-state index in [2.05, 4.69) is 41.7 Å². The van der Waals surface area contributed by atoms with E-state index in [0.717, 1.165) is 13.1 Å². The zero-order valence-corrected chi connectivity index (χ0v) is 18.4. The van der Waals surface area contributed by atoms with Crippen molar-refractivity contribution in [2.45, 2.75) is 31.8 Å². The summed E-state index contributed by atoms with van der Waals surface area (Å²) in [5.41, 5.74) is 4.19. The summed E-state index contributed by atoms with van der Waals surface area (Å²) in [5, 5.41) is 9.26. The summed E-state index contributed by atoms with van der Waals surface area (Å²) in [6.45, 7) is 8.40. The van der Waals surface area contributed by atoms with Crippen molar-refractivity contribution in [3.8, 4) is 0 Å². The molecule has 2 aromatic carbocycles. The van der Waals surface area contributed by atoms with Crippen molar-refractivity contribution in [2.75, 3.05) is 37.6 Å². The number of aliphatic hydroxyl groups is 1. The number of rotatable bonds is 6. The van der Waals surface area contributed by atoms with Gasteiger partial charge in [-0.3, -0.25) is 4.79 Å². The van der Waals surface area contributed by atoms with E-state index in [4.69, 9.17) is 0 Å². The number of nitrogens with zero attached hydrogens (tertiary/aromatic N) is 2. The summed E-state index contributed by atoms with van der Waals surface area (Å²) < 4.78 is 26.8. The van der Waals surface area contributed by atoms with Gasteiger partial charge in [0.1, 0.15) is 0 Å². The van der Waals surface area contributed by atoms with Gasteiger partial charge >= 0.3 is 0 Å². The normalized spacial score (nSPS) is 15.9. The molecular weight excluding hydrogens is 402 g/mol. The molecule has 1 atom stereocenters. The van der Waals surface area contributed by atoms with Gasteiger partial charge in [-0.1, -0.05) is 12.1 Å². The van der Waals surface area contributed by atoms with Gasteiger partial charge in [-0.05, 0) is 62.2 Å². The third-order valence-corrected chi connectivity index (χ3v) is 6.90. The number of hydrogen-bond donors (Lipinski definition) is 2. The predicted molar refractivity (Wildman–Crippen MR) is 117 cm³/mol. The van der Waals surface area contributed by atoms with Crippen LogP contribution < -0.4 is 9.62 Å². The minimum atomic E-state index is -3.71. The quantitative estimate of drug-likeness (QED) is 0.729. The Kier molecular flexibility index (Phi) is 6.80. The van der Waals surface area contributed by atoms with Crippen molar-refractivity contribution in [3.63, 3.8) is 0 Å². The first-order valence-corrected chi connectivity index (χ1v) is 11.6. The lowest BCUT2D eigenvalue weighted by Crippen LogP contribution is -2.49. The maximum Gasteiger partial charge on any atom is 0.253 e. The van der Waals surface area contributed by atoms with Crippen molar-refractivity contribution in [3.05, 3.63) is 59.2 Å². The molecule has 0 radical (unpaired) electrons. The monoisotopic (exact) mass is 431 g/mol. The van der Waals surface area contributed by atoms with Gasteiger partial charge in [0.25, 0.3) is 5.91 Å². The fourth-order valence-electron chi connectivity index (χ4n) is 3.50. The number of aliphatic hydroxyl groups excluding tert-OH is 1. The number of benzene rings is 2. The molecule has 2 N–H and O–H groups in total. The minimum Gasteiger partial charge on any atom is -0.392 e. The van der Waals surface area contributed by atoms with Crippen molar-refractivity contribution >= 4 is 21.6 Å². The van der Waals surface area contributed by atoms with Crippen LogP contribution in [-0.4, -0.2) is 63.2 Å². The van der Waals surface area contributed by atoms with Gasteiger partial charge in [0.15, 0.2) is 0 Å². The van der Waals surface area contributed by atoms with Crippen LogP contribution in [0.15, 0.2) is 47.4 Å². The molecule has 1 saturated heterocycles. The molecule has 3 rings (SSSR count). The third-order valence-electron chi connectivity index (χ3n) is 5.46. The van der Waals surface area contributed by atoms with Crippen LogP contribution in [0.4, 0.5) is 5.69 Å². The number of anilines is 1. The highest BCUT2D eigenvalue weighted by Crippen LogP contribution is 2.24. The molecule has 7 nitrogen and oxygen atoms in total. The van der Waals surface area contributed by atoms with E-state index >= 15 is 0 Å². The first kappa shape index (κ1) is 22.3. The summed E-state index contributed by atoms with van der Waals surface area (Å²) >= 11 is 0. The van der Waals surface area contributed by atoms with Crippen molar-refractivity contribution in [1.82, 2.24) is 9.62 Å². The van der Waals surface area contributed by atoms with Crippen LogP contribution in [0.2, 0.25) is 0 Å². The lowest BCUT2D eigenvalue weighted by atomic mass is 10.1. The molecule has 30 heavy (non-hydrogen) atoms. The van der Waals surface area contributed by atoms with Crippen LogP contribution in [0.25, 0.3) is 0 Å². The molecule has 0 bridgehead atoms. The van der Waals surface area contributed by atoms with Crippen molar-refractivity contribution < 1.29 is 18.3 Å². The van der Waals surface area contributed by atoms with Crippen LogP contribution in [0.3, 0.4) is 0 Å². The van der Waals surface area contributed by atoms with Crippen molar-refractivity contribution in [1.29, 1.82) is 0 Å². The largest absolute Gasteiger partial charge is 0.392 e. The fourth-order valence-corrected chi connectivity index (χ4v) is 4.62. The Hall–Kier alpha value is -2.42. The smallest absolute Gasteiger partial charge is 0.253 e. The lowest BCUT2D eigenvalue weighted by Gasteiger charge is -2.37. The van der Waals surface area contributed by atoms with E-state index in [1.807, 2.05) is 0 Å². The summed E-state index contributed by atoms with van der Waals surface area (Å²) in [7, 11) is -3.71. The third kappa shape index (κ3) is 5.00. The number of aryl methyl sites for hydroxylation is 1. The van der Waals surface area contributed by atoms with Gasteiger partial charge in [-0.25, -0.2) is 13.1 Å². The van der Waals surface area contributed by atoms with E-state index in [1.165, 1.54) is 48.0 Å². The molecule has 1 aliphatic heterocycles. The molecule has 1 amide bonds. The Morgan fingerprint density at radius 1 is 1.07 bits per heavy atom. The molecule has 1 heterocycles. The molecule has 8 heteroatoms. The molecule has 0 aromatic heterocycles.